The molecule has 7 heteroatoms. The van der Waals surface area contributed by atoms with E-state index in [-0.39, 0.29) is 17.0 Å². The van der Waals surface area contributed by atoms with Crippen LogP contribution in [-0.4, -0.2) is 16.9 Å². The van der Waals surface area contributed by atoms with Crippen LogP contribution < -0.4 is 4.74 Å². The topological polar surface area (TPSA) is 52.4 Å². The molecule has 0 unspecified atom stereocenters. The lowest BCUT2D eigenvalue weighted by Crippen LogP contribution is -2.06. The van der Waals surface area contributed by atoms with Crippen LogP contribution in [0.25, 0.3) is 0 Å². The summed E-state index contributed by atoms with van der Waals surface area (Å²) in [4.78, 5) is 10.2. The molecule has 0 atom stereocenters. The molecular weight excluding hydrogens is 300 g/mol. The van der Waals surface area contributed by atoms with Crippen LogP contribution in [0, 0.1) is 10.1 Å². The van der Waals surface area contributed by atoms with Crippen LogP contribution in [0.3, 0.4) is 0 Å². The molecular formula is C10H10BrF2NO3. The molecule has 0 aliphatic carbocycles. The molecule has 0 aromatic heterocycles. The lowest BCUT2D eigenvalue weighted by Gasteiger charge is -2.10. The number of ether oxygens (including phenoxy) is 1. The van der Waals surface area contributed by atoms with Crippen molar-refractivity contribution in [2.24, 2.45) is 0 Å². The molecule has 1 aromatic rings. The molecule has 1 rings (SSSR count). The first-order chi connectivity index (χ1) is 8.06. The summed E-state index contributed by atoms with van der Waals surface area (Å²) < 4.78 is 28.6. The van der Waals surface area contributed by atoms with Gasteiger partial charge >= 0.3 is 6.61 Å². The number of nitrogens with zero attached hydrogens (tertiary/aromatic N) is 1. The van der Waals surface area contributed by atoms with Crippen LogP contribution in [0.4, 0.5) is 14.5 Å². The molecule has 17 heavy (non-hydrogen) atoms. The number of nitro groups is 1. The Labute approximate surface area is 105 Å². The molecule has 0 amide bonds. The summed E-state index contributed by atoms with van der Waals surface area (Å²) in [6.07, 6.45) is 0.912. The second kappa shape index (κ2) is 6.48. The standard InChI is InChI=1S/C10H10BrF2NO3/c11-6-2-3-7-8(14(15)16)4-1-5-9(7)17-10(12)13/h1,4-5,10H,2-3,6H2. The molecule has 0 N–H and O–H groups in total. The number of rotatable bonds is 6. The van der Waals surface area contributed by atoms with Crippen LogP contribution >= 0.6 is 15.9 Å². The fourth-order valence-electron chi connectivity index (χ4n) is 1.43. The minimum Gasteiger partial charge on any atom is -0.434 e. The summed E-state index contributed by atoms with van der Waals surface area (Å²) in [6, 6.07) is 3.91. The zero-order chi connectivity index (χ0) is 12.8. The third-order valence-corrected chi connectivity index (χ3v) is 2.64. The summed E-state index contributed by atoms with van der Waals surface area (Å²) in [5.74, 6) is -0.129. The molecule has 0 fully saturated rings. The molecule has 0 saturated carbocycles. The number of hydrogen-bond donors (Lipinski definition) is 0. The van der Waals surface area contributed by atoms with E-state index in [0.29, 0.717) is 18.2 Å². The average Bonchev–Trinajstić information content (AvgIpc) is 2.26. The molecule has 0 aliphatic rings. The van der Waals surface area contributed by atoms with E-state index in [1.165, 1.54) is 18.2 Å². The first-order valence-corrected chi connectivity index (χ1v) is 5.95. The van der Waals surface area contributed by atoms with Gasteiger partial charge < -0.3 is 4.74 Å². The first kappa shape index (κ1) is 13.8. The fourth-order valence-corrected chi connectivity index (χ4v) is 1.71. The van der Waals surface area contributed by atoms with Gasteiger partial charge in [-0.3, -0.25) is 10.1 Å². The van der Waals surface area contributed by atoms with Gasteiger partial charge in [-0.15, -0.1) is 0 Å². The second-order valence-corrected chi connectivity index (χ2v) is 3.97. The number of hydrogen-bond acceptors (Lipinski definition) is 3. The van der Waals surface area contributed by atoms with Gasteiger partial charge in [-0.25, -0.2) is 0 Å². The second-order valence-electron chi connectivity index (χ2n) is 3.18. The Balaban J connectivity index is 3.09. The summed E-state index contributed by atoms with van der Waals surface area (Å²) >= 11 is 3.19. The Morgan fingerprint density at radius 3 is 2.71 bits per heavy atom. The van der Waals surface area contributed by atoms with Crippen LogP contribution in [0.5, 0.6) is 5.75 Å². The Hall–Kier alpha value is -1.24. The lowest BCUT2D eigenvalue weighted by molar-refractivity contribution is -0.385. The van der Waals surface area contributed by atoms with E-state index in [4.69, 9.17) is 0 Å². The Bertz CT molecular complexity index is 401. The van der Waals surface area contributed by atoms with Crippen molar-refractivity contribution in [1.29, 1.82) is 0 Å². The van der Waals surface area contributed by atoms with Crippen molar-refractivity contribution in [3.05, 3.63) is 33.9 Å². The number of halogens is 3. The van der Waals surface area contributed by atoms with Gasteiger partial charge in [-0.1, -0.05) is 22.0 Å². The van der Waals surface area contributed by atoms with E-state index in [2.05, 4.69) is 20.7 Å². The average molecular weight is 310 g/mol. The minimum absolute atomic E-state index is 0.129. The van der Waals surface area contributed by atoms with E-state index in [0.717, 1.165) is 0 Å². The molecule has 0 bridgehead atoms. The summed E-state index contributed by atoms with van der Waals surface area (Å²) in [5.41, 5.74) is 0.0151. The monoisotopic (exact) mass is 309 g/mol. The molecule has 1 aromatic carbocycles. The maximum Gasteiger partial charge on any atom is 0.387 e. The predicted molar refractivity (Wildman–Crippen MR) is 61.8 cm³/mol. The van der Waals surface area contributed by atoms with Gasteiger partial charge in [0.25, 0.3) is 5.69 Å². The van der Waals surface area contributed by atoms with E-state index < -0.39 is 11.5 Å². The maximum atomic E-state index is 12.2. The van der Waals surface area contributed by atoms with E-state index >= 15 is 0 Å². The number of nitro benzene ring substituents is 1. The molecule has 4 nitrogen and oxygen atoms in total. The number of benzene rings is 1. The highest BCUT2D eigenvalue weighted by molar-refractivity contribution is 9.09. The highest BCUT2D eigenvalue weighted by atomic mass is 79.9. The van der Waals surface area contributed by atoms with Crippen LogP contribution in [0.1, 0.15) is 12.0 Å². The first-order valence-electron chi connectivity index (χ1n) is 4.83. The minimum atomic E-state index is -2.99. The Morgan fingerprint density at radius 2 is 2.18 bits per heavy atom. The maximum absolute atomic E-state index is 12.2. The zero-order valence-electron chi connectivity index (χ0n) is 8.74. The molecule has 0 spiro atoms. The largest absolute Gasteiger partial charge is 0.434 e. The molecule has 0 aliphatic heterocycles. The highest BCUT2D eigenvalue weighted by Crippen LogP contribution is 2.30. The third-order valence-electron chi connectivity index (χ3n) is 2.08. The smallest absolute Gasteiger partial charge is 0.387 e. The highest BCUT2D eigenvalue weighted by Gasteiger charge is 2.19. The summed E-state index contributed by atoms with van der Waals surface area (Å²) in [7, 11) is 0. The molecule has 94 valence electrons. The van der Waals surface area contributed by atoms with Gasteiger partial charge in [-0.2, -0.15) is 8.78 Å². The molecule has 0 heterocycles. The van der Waals surface area contributed by atoms with Crippen LogP contribution in [0.15, 0.2) is 18.2 Å². The summed E-state index contributed by atoms with van der Waals surface area (Å²) in [5, 5.41) is 11.4. The fraction of sp³-hybridized carbons (Fsp3) is 0.400. The lowest BCUT2D eigenvalue weighted by atomic mass is 10.1. The van der Waals surface area contributed by atoms with Crippen molar-refractivity contribution in [2.75, 3.05) is 5.33 Å². The Kier molecular flexibility index (Phi) is 5.27. The van der Waals surface area contributed by atoms with Crippen molar-refractivity contribution in [3.8, 4) is 5.75 Å². The molecule has 0 saturated heterocycles. The van der Waals surface area contributed by atoms with Gasteiger partial charge in [0.2, 0.25) is 0 Å². The van der Waals surface area contributed by atoms with Crippen LogP contribution in [-0.2, 0) is 6.42 Å². The molecule has 0 radical (unpaired) electrons. The summed E-state index contributed by atoms with van der Waals surface area (Å²) in [6.45, 7) is -2.99. The van der Waals surface area contributed by atoms with Crippen molar-refractivity contribution < 1.29 is 18.4 Å². The number of alkyl halides is 3. The normalized spacial score (nSPS) is 10.6. The van der Waals surface area contributed by atoms with Gasteiger partial charge in [-0.05, 0) is 18.9 Å². The van der Waals surface area contributed by atoms with Gasteiger partial charge in [0, 0.05) is 11.4 Å². The van der Waals surface area contributed by atoms with Crippen molar-refractivity contribution in [2.45, 2.75) is 19.5 Å². The van der Waals surface area contributed by atoms with Crippen LogP contribution in [0.2, 0.25) is 0 Å². The Morgan fingerprint density at radius 1 is 1.47 bits per heavy atom. The van der Waals surface area contributed by atoms with E-state index in [1.54, 1.807) is 0 Å². The zero-order valence-corrected chi connectivity index (χ0v) is 10.3. The van der Waals surface area contributed by atoms with Crippen molar-refractivity contribution in [1.82, 2.24) is 0 Å². The van der Waals surface area contributed by atoms with Gasteiger partial charge in [0.1, 0.15) is 5.75 Å². The van der Waals surface area contributed by atoms with Gasteiger partial charge in [0.05, 0.1) is 10.5 Å². The van der Waals surface area contributed by atoms with Crippen molar-refractivity contribution in [3.63, 3.8) is 0 Å². The van der Waals surface area contributed by atoms with Gasteiger partial charge in [0.15, 0.2) is 0 Å². The van der Waals surface area contributed by atoms with E-state index in [9.17, 15) is 18.9 Å². The predicted octanol–water partition coefficient (Wildman–Crippen LogP) is 3.52. The van der Waals surface area contributed by atoms with Crippen molar-refractivity contribution >= 4 is 21.6 Å². The SMILES string of the molecule is O=[N+]([O-])c1cccc(OC(F)F)c1CCCBr. The third kappa shape index (κ3) is 3.92. The quantitative estimate of drug-likeness (QED) is 0.459. The van der Waals surface area contributed by atoms with E-state index in [1.807, 2.05) is 0 Å².